The first-order valence-corrected chi connectivity index (χ1v) is 10.0. The standard InChI is InChI=1S/C21H22Cl2N2O4/c1-28-18-5-3-2-4-16(18)21(27)25-10-8-15(9-11-25)24-20(26)13-29-19-7-6-14(22)12-17(19)23/h2-7,12,15H,8-11,13H2,1H3,(H,24,26). The molecular formula is C21H22Cl2N2O4. The summed E-state index contributed by atoms with van der Waals surface area (Å²) in [6, 6.07) is 12.0. The van der Waals surface area contributed by atoms with E-state index in [-0.39, 0.29) is 24.5 Å². The fraction of sp³-hybridized carbons (Fsp3) is 0.333. The zero-order valence-corrected chi connectivity index (χ0v) is 17.5. The second-order valence-electron chi connectivity index (χ2n) is 6.70. The number of hydrogen-bond acceptors (Lipinski definition) is 4. The lowest BCUT2D eigenvalue weighted by Gasteiger charge is -2.32. The number of amides is 2. The summed E-state index contributed by atoms with van der Waals surface area (Å²) in [6.07, 6.45) is 1.35. The minimum Gasteiger partial charge on any atom is -0.496 e. The van der Waals surface area contributed by atoms with Crippen molar-refractivity contribution in [3.05, 3.63) is 58.1 Å². The molecule has 1 aliphatic heterocycles. The van der Waals surface area contributed by atoms with Crippen LogP contribution in [-0.4, -0.2) is 49.6 Å². The van der Waals surface area contributed by atoms with Gasteiger partial charge in [0.05, 0.1) is 17.7 Å². The number of carbonyl (C=O) groups excluding carboxylic acids is 2. The molecule has 2 aromatic rings. The van der Waals surface area contributed by atoms with Gasteiger partial charge in [-0.3, -0.25) is 9.59 Å². The van der Waals surface area contributed by atoms with Gasteiger partial charge in [0, 0.05) is 24.2 Å². The fourth-order valence-corrected chi connectivity index (χ4v) is 3.69. The van der Waals surface area contributed by atoms with Crippen molar-refractivity contribution in [1.82, 2.24) is 10.2 Å². The SMILES string of the molecule is COc1ccccc1C(=O)N1CCC(NC(=O)COc2ccc(Cl)cc2Cl)CC1. The highest BCUT2D eigenvalue weighted by atomic mass is 35.5. The molecule has 0 unspecified atom stereocenters. The third-order valence-corrected chi connectivity index (χ3v) is 5.27. The van der Waals surface area contributed by atoms with E-state index in [2.05, 4.69) is 5.32 Å². The number of benzene rings is 2. The smallest absolute Gasteiger partial charge is 0.258 e. The Morgan fingerprint density at radius 3 is 2.52 bits per heavy atom. The van der Waals surface area contributed by atoms with Gasteiger partial charge in [-0.15, -0.1) is 0 Å². The summed E-state index contributed by atoms with van der Waals surface area (Å²) in [6.45, 7) is 0.985. The molecule has 1 fully saturated rings. The van der Waals surface area contributed by atoms with Gasteiger partial charge in [-0.25, -0.2) is 0 Å². The van der Waals surface area contributed by atoms with Crippen molar-refractivity contribution in [3.63, 3.8) is 0 Å². The predicted octanol–water partition coefficient (Wildman–Crippen LogP) is 3.80. The second kappa shape index (κ2) is 9.85. The maximum absolute atomic E-state index is 12.7. The number of hydrogen-bond donors (Lipinski definition) is 1. The fourth-order valence-electron chi connectivity index (χ4n) is 3.22. The molecule has 0 bridgehead atoms. The summed E-state index contributed by atoms with van der Waals surface area (Å²) in [5.74, 6) is 0.674. The molecule has 29 heavy (non-hydrogen) atoms. The molecule has 3 rings (SSSR count). The Morgan fingerprint density at radius 1 is 1.10 bits per heavy atom. The number of nitrogens with one attached hydrogen (secondary N) is 1. The predicted molar refractivity (Wildman–Crippen MR) is 112 cm³/mol. The van der Waals surface area contributed by atoms with Gasteiger partial charge in [0.2, 0.25) is 0 Å². The van der Waals surface area contributed by atoms with Crippen molar-refractivity contribution in [2.24, 2.45) is 0 Å². The summed E-state index contributed by atoms with van der Waals surface area (Å²) >= 11 is 11.9. The molecule has 0 aromatic heterocycles. The van der Waals surface area contributed by atoms with E-state index < -0.39 is 0 Å². The Hall–Kier alpha value is -2.44. The number of likely N-dealkylation sites (tertiary alicyclic amines) is 1. The van der Waals surface area contributed by atoms with Crippen molar-refractivity contribution in [3.8, 4) is 11.5 Å². The zero-order valence-electron chi connectivity index (χ0n) is 16.0. The Balaban J connectivity index is 1.47. The number of ether oxygens (including phenoxy) is 2. The van der Waals surface area contributed by atoms with Crippen LogP contribution >= 0.6 is 23.2 Å². The van der Waals surface area contributed by atoms with Crippen LogP contribution in [0.15, 0.2) is 42.5 Å². The highest BCUT2D eigenvalue weighted by Crippen LogP contribution is 2.27. The summed E-state index contributed by atoms with van der Waals surface area (Å²) < 4.78 is 10.7. The molecule has 0 saturated carbocycles. The molecule has 0 spiro atoms. The molecule has 1 heterocycles. The van der Waals surface area contributed by atoms with Gasteiger partial charge in [-0.2, -0.15) is 0 Å². The molecule has 1 saturated heterocycles. The van der Waals surface area contributed by atoms with Crippen LogP contribution in [0.3, 0.4) is 0 Å². The van der Waals surface area contributed by atoms with Gasteiger partial charge in [0.25, 0.3) is 11.8 Å². The van der Waals surface area contributed by atoms with Gasteiger partial charge in [-0.1, -0.05) is 35.3 Å². The lowest BCUT2D eigenvalue weighted by Crippen LogP contribution is -2.47. The van der Waals surface area contributed by atoms with E-state index >= 15 is 0 Å². The first-order chi connectivity index (χ1) is 14.0. The van der Waals surface area contributed by atoms with Crippen LogP contribution in [0.2, 0.25) is 10.0 Å². The van der Waals surface area contributed by atoms with Gasteiger partial charge < -0.3 is 19.7 Å². The first-order valence-electron chi connectivity index (χ1n) is 9.27. The summed E-state index contributed by atoms with van der Waals surface area (Å²) in [5.41, 5.74) is 0.547. The Kier molecular flexibility index (Phi) is 7.23. The van der Waals surface area contributed by atoms with Crippen LogP contribution in [0.1, 0.15) is 23.2 Å². The molecule has 2 aromatic carbocycles. The molecule has 2 amide bonds. The molecular weight excluding hydrogens is 415 g/mol. The Bertz CT molecular complexity index is 883. The van der Waals surface area contributed by atoms with Crippen LogP contribution in [0.5, 0.6) is 11.5 Å². The van der Waals surface area contributed by atoms with E-state index in [9.17, 15) is 9.59 Å². The zero-order chi connectivity index (χ0) is 20.8. The molecule has 6 nitrogen and oxygen atoms in total. The normalized spacial score (nSPS) is 14.4. The topological polar surface area (TPSA) is 67.9 Å². The highest BCUT2D eigenvalue weighted by molar-refractivity contribution is 6.35. The van der Waals surface area contributed by atoms with Crippen molar-refractivity contribution >= 4 is 35.0 Å². The lowest BCUT2D eigenvalue weighted by molar-refractivity contribution is -0.124. The van der Waals surface area contributed by atoms with Crippen molar-refractivity contribution in [2.45, 2.75) is 18.9 Å². The van der Waals surface area contributed by atoms with Crippen LogP contribution in [0.4, 0.5) is 0 Å². The largest absolute Gasteiger partial charge is 0.496 e. The monoisotopic (exact) mass is 436 g/mol. The number of halogens is 2. The third kappa shape index (κ3) is 5.55. The molecule has 1 N–H and O–H groups in total. The Morgan fingerprint density at radius 2 is 1.83 bits per heavy atom. The van der Waals surface area contributed by atoms with Crippen molar-refractivity contribution < 1.29 is 19.1 Å². The van der Waals surface area contributed by atoms with Crippen molar-refractivity contribution in [1.29, 1.82) is 0 Å². The van der Waals surface area contributed by atoms with E-state index in [1.807, 2.05) is 12.1 Å². The molecule has 8 heteroatoms. The molecule has 1 aliphatic rings. The average molecular weight is 437 g/mol. The van der Waals surface area contributed by atoms with Crippen LogP contribution < -0.4 is 14.8 Å². The number of piperidine rings is 1. The first kappa shape index (κ1) is 21.3. The number of rotatable bonds is 6. The van der Waals surface area contributed by atoms with E-state index in [0.29, 0.717) is 53.0 Å². The molecule has 154 valence electrons. The van der Waals surface area contributed by atoms with Gasteiger partial charge in [0.15, 0.2) is 6.61 Å². The van der Waals surface area contributed by atoms with E-state index in [0.717, 1.165) is 0 Å². The van der Waals surface area contributed by atoms with E-state index in [1.54, 1.807) is 42.3 Å². The number of methoxy groups -OCH3 is 1. The summed E-state index contributed by atoms with van der Waals surface area (Å²) in [4.78, 5) is 26.7. The summed E-state index contributed by atoms with van der Waals surface area (Å²) in [7, 11) is 1.55. The highest BCUT2D eigenvalue weighted by Gasteiger charge is 2.26. The summed E-state index contributed by atoms with van der Waals surface area (Å²) in [5, 5.41) is 3.80. The van der Waals surface area contributed by atoms with E-state index in [4.69, 9.17) is 32.7 Å². The van der Waals surface area contributed by atoms with Crippen LogP contribution in [0, 0.1) is 0 Å². The van der Waals surface area contributed by atoms with Gasteiger partial charge in [-0.05, 0) is 43.2 Å². The Labute approximate surface area is 179 Å². The maximum Gasteiger partial charge on any atom is 0.258 e. The minimum absolute atomic E-state index is 0.00601. The van der Waals surface area contributed by atoms with Crippen molar-refractivity contribution in [2.75, 3.05) is 26.8 Å². The number of carbonyl (C=O) groups is 2. The quantitative estimate of drug-likeness (QED) is 0.747. The molecule has 0 aliphatic carbocycles. The lowest BCUT2D eigenvalue weighted by atomic mass is 10.0. The average Bonchev–Trinajstić information content (AvgIpc) is 2.73. The number of para-hydroxylation sites is 1. The maximum atomic E-state index is 12.7. The second-order valence-corrected chi connectivity index (χ2v) is 7.54. The third-order valence-electron chi connectivity index (χ3n) is 4.74. The van der Waals surface area contributed by atoms with Gasteiger partial charge >= 0.3 is 0 Å². The molecule has 0 radical (unpaired) electrons. The van der Waals surface area contributed by atoms with Gasteiger partial charge in [0.1, 0.15) is 11.5 Å². The van der Waals surface area contributed by atoms with Crippen LogP contribution in [-0.2, 0) is 4.79 Å². The minimum atomic E-state index is -0.231. The number of nitrogens with zero attached hydrogens (tertiary/aromatic N) is 1. The van der Waals surface area contributed by atoms with E-state index in [1.165, 1.54) is 0 Å². The van der Waals surface area contributed by atoms with Crippen LogP contribution in [0.25, 0.3) is 0 Å². The molecule has 0 atom stereocenters.